The van der Waals surface area contributed by atoms with Crippen molar-refractivity contribution in [2.75, 3.05) is 0 Å². The summed E-state index contributed by atoms with van der Waals surface area (Å²) in [6, 6.07) is 8.93. The van der Waals surface area contributed by atoms with Crippen LogP contribution in [0.25, 0.3) is 10.8 Å². The molecule has 5 heteroatoms. The van der Waals surface area contributed by atoms with Crippen molar-refractivity contribution < 1.29 is 42.5 Å². The van der Waals surface area contributed by atoms with Crippen molar-refractivity contribution in [3.05, 3.63) is 41.5 Å². The van der Waals surface area contributed by atoms with Gasteiger partial charge in [0.15, 0.2) is 0 Å². The second-order valence-electron chi connectivity index (χ2n) is 4.30. The van der Waals surface area contributed by atoms with Gasteiger partial charge in [0.2, 0.25) is 0 Å². The Kier molecular flexibility index (Phi) is 5.59. The van der Waals surface area contributed by atoms with Crippen LogP contribution in [0.2, 0.25) is 0 Å². The van der Waals surface area contributed by atoms with Crippen LogP contribution in [0.4, 0.5) is 0 Å². The van der Waals surface area contributed by atoms with Crippen LogP contribution in [0.15, 0.2) is 35.2 Å². The number of aryl methyl sites for hydroxylation is 2. The van der Waals surface area contributed by atoms with Gasteiger partial charge in [0.05, 0.1) is 4.90 Å². The molecule has 0 amide bonds. The molecule has 2 aromatic rings. The molecule has 0 saturated heterocycles. The van der Waals surface area contributed by atoms with Gasteiger partial charge in [-0.2, -0.15) is 0 Å². The minimum absolute atomic E-state index is 0. The first-order valence-electron chi connectivity index (χ1n) is 5.97. The molecule has 0 N–H and O–H groups in total. The Hall–Kier alpha value is -0.390. The van der Waals surface area contributed by atoms with Crippen LogP contribution in [0, 0.1) is 0 Å². The summed E-state index contributed by atoms with van der Waals surface area (Å²) in [6.07, 6.45) is 1.58. The van der Waals surface area contributed by atoms with E-state index in [1.54, 1.807) is 0 Å². The van der Waals surface area contributed by atoms with Gasteiger partial charge in [-0.05, 0) is 46.9 Å². The standard InChI is InChI=1S/C14H16O3S.Na/c1-3-10-5-6-14-11(4-2)8-13(18(15,16)17)9-12(14)7-10;/h5-9H,3-4H2,1-2H3,(H,15,16,17);/q;+1/p-1. The van der Waals surface area contributed by atoms with Crippen LogP contribution in [0.1, 0.15) is 25.0 Å². The Morgan fingerprint density at radius 3 is 2.26 bits per heavy atom. The molecule has 3 nitrogen and oxygen atoms in total. The van der Waals surface area contributed by atoms with Crippen molar-refractivity contribution in [2.45, 2.75) is 31.6 Å². The second-order valence-corrected chi connectivity index (χ2v) is 5.68. The topological polar surface area (TPSA) is 57.2 Å². The van der Waals surface area contributed by atoms with Gasteiger partial charge in [-0.15, -0.1) is 0 Å². The average Bonchev–Trinajstić information content (AvgIpc) is 2.35. The first-order chi connectivity index (χ1) is 8.45. The van der Waals surface area contributed by atoms with Crippen LogP contribution >= 0.6 is 0 Å². The number of fused-ring (bicyclic) bond motifs is 1. The predicted molar refractivity (Wildman–Crippen MR) is 70.7 cm³/mol. The molecule has 0 bridgehead atoms. The fraction of sp³-hybridized carbons (Fsp3) is 0.286. The van der Waals surface area contributed by atoms with Gasteiger partial charge in [0.25, 0.3) is 0 Å². The molecular weight excluding hydrogens is 271 g/mol. The maximum Gasteiger partial charge on any atom is 1.00 e. The van der Waals surface area contributed by atoms with Crippen LogP contribution in [0.3, 0.4) is 0 Å². The van der Waals surface area contributed by atoms with Crippen molar-refractivity contribution in [1.29, 1.82) is 0 Å². The van der Waals surface area contributed by atoms with Gasteiger partial charge in [-0.3, -0.25) is 0 Å². The maximum absolute atomic E-state index is 11.1. The van der Waals surface area contributed by atoms with Crippen molar-refractivity contribution in [1.82, 2.24) is 0 Å². The molecule has 0 unspecified atom stereocenters. The van der Waals surface area contributed by atoms with Gasteiger partial charge < -0.3 is 4.55 Å². The van der Waals surface area contributed by atoms with Crippen LogP contribution in [-0.4, -0.2) is 13.0 Å². The Labute approximate surface area is 136 Å². The fourth-order valence-corrected chi connectivity index (χ4v) is 2.68. The first kappa shape index (κ1) is 16.7. The second kappa shape index (κ2) is 6.37. The molecule has 0 aliphatic carbocycles. The molecule has 0 spiro atoms. The van der Waals surface area contributed by atoms with E-state index in [1.165, 1.54) is 12.1 Å². The Morgan fingerprint density at radius 1 is 1.05 bits per heavy atom. The number of hydrogen-bond donors (Lipinski definition) is 0. The molecule has 19 heavy (non-hydrogen) atoms. The van der Waals surface area contributed by atoms with Crippen LogP contribution < -0.4 is 29.6 Å². The average molecular weight is 286 g/mol. The van der Waals surface area contributed by atoms with E-state index in [2.05, 4.69) is 0 Å². The van der Waals surface area contributed by atoms with Gasteiger partial charge >= 0.3 is 29.6 Å². The van der Waals surface area contributed by atoms with E-state index in [-0.39, 0.29) is 34.5 Å². The van der Waals surface area contributed by atoms with Gasteiger partial charge in [-0.25, -0.2) is 8.42 Å². The summed E-state index contributed by atoms with van der Waals surface area (Å²) in [5, 5.41) is 1.84. The van der Waals surface area contributed by atoms with Crippen molar-refractivity contribution in [3.63, 3.8) is 0 Å². The molecule has 0 fully saturated rings. The SMILES string of the molecule is CCc1ccc2c(CC)cc(S(=O)(=O)[O-])cc2c1.[Na+]. The minimum Gasteiger partial charge on any atom is -0.744 e. The molecule has 0 heterocycles. The third kappa shape index (κ3) is 3.58. The Morgan fingerprint density at radius 2 is 1.74 bits per heavy atom. The smallest absolute Gasteiger partial charge is 0.744 e. The molecule has 0 atom stereocenters. The molecular formula is C14H15NaO3S. The summed E-state index contributed by atoms with van der Waals surface area (Å²) < 4.78 is 33.4. The maximum atomic E-state index is 11.1. The molecule has 0 saturated carbocycles. The monoisotopic (exact) mass is 286 g/mol. The summed E-state index contributed by atoms with van der Waals surface area (Å²) in [4.78, 5) is -0.139. The van der Waals surface area contributed by atoms with Gasteiger partial charge in [0, 0.05) is 0 Å². The quantitative estimate of drug-likeness (QED) is 0.583. The van der Waals surface area contributed by atoms with Crippen molar-refractivity contribution >= 4 is 20.9 Å². The van der Waals surface area contributed by atoms with E-state index in [0.717, 1.165) is 28.3 Å². The number of benzene rings is 2. The van der Waals surface area contributed by atoms with Crippen LogP contribution in [-0.2, 0) is 23.0 Å². The van der Waals surface area contributed by atoms with Crippen molar-refractivity contribution in [2.24, 2.45) is 0 Å². The van der Waals surface area contributed by atoms with Gasteiger partial charge in [0.1, 0.15) is 10.1 Å². The third-order valence-corrected chi connectivity index (χ3v) is 3.97. The minimum atomic E-state index is -4.40. The van der Waals surface area contributed by atoms with Crippen LogP contribution in [0.5, 0.6) is 0 Å². The zero-order valence-electron chi connectivity index (χ0n) is 11.4. The molecule has 0 aliphatic rings. The predicted octanol–water partition coefficient (Wildman–Crippen LogP) is -0.127. The zero-order chi connectivity index (χ0) is 13.3. The summed E-state index contributed by atoms with van der Waals surface area (Å²) >= 11 is 0. The molecule has 2 aromatic carbocycles. The summed E-state index contributed by atoms with van der Waals surface area (Å²) in [5.41, 5.74) is 2.02. The molecule has 0 aliphatic heterocycles. The third-order valence-electron chi connectivity index (χ3n) is 3.15. The summed E-state index contributed by atoms with van der Waals surface area (Å²) in [7, 11) is -4.40. The molecule has 0 radical (unpaired) electrons. The zero-order valence-corrected chi connectivity index (χ0v) is 14.3. The van der Waals surface area contributed by atoms with E-state index < -0.39 is 10.1 Å². The van der Waals surface area contributed by atoms with E-state index in [1.807, 2.05) is 32.0 Å². The largest absolute Gasteiger partial charge is 1.00 e. The van der Waals surface area contributed by atoms with E-state index in [9.17, 15) is 13.0 Å². The number of hydrogen-bond acceptors (Lipinski definition) is 3. The van der Waals surface area contributed by atoms with Crippen molar-refractivity contribution in [3.8, 4) is 0 Å². The van der Waals surface area contributed by atoms with E-state index >= 15 is 0 Å². The normalized spacial score (nSPS) is 11.3. The Balaban J connectivity index is 0.00000180. The summed E-state index contributed by atoms with van der Waals surface area (Å²) in [5.74, 6) is 0. The molecule has 0 aromatic heterocycles. The fourth-order valence-electron chi connectivity index (χ4n) is 2.13. The van der Waals surface area contributed by atoms with E-state index in [0.29, 0.717) is 6.42 Å². The Bertz CT molecular complexity index is 693. The molecule has 2 rings (SSSR count). The molecule has 96 valence electrons. The summed E-state index contributed by atoms with van der Waals surface area (Å²) in [6.45, 7) is 3.99. The van der Waals surface area contributed by atoms with Gasteiger partial charge in [-0.1, -0.05) is 32.0 Å². The van der Waals surface area contributed by atoms with E-state index in [4.69, 9.17) is 0 Å². The first-order valence-corrected chi connectivity index (χ1v) is 7.38. The number of rotatable bonds is 3.